The maximum Gasteiger partial charge on any atom is 0.136 e. The minimum absolute atomic E-state index is 0.378. The zero-order chi connectivity index (χ0) is 13.8. The van der Waals surface area contributed by atoms with Gasteiger partial charge >= 0.3 is 0 Å². The normalized spacial score (nSPS) is 10.5. The number of imidazole rings is 1. The van der Waals surface area contributed by atoms with E-state index in [1.807, 2.05) is 30.6 Å². The van der Waals surface area contributed by atoms with Gasteiger partial charge in [0.15, 0.2) is 0 Å². The molecule has 0 saturated carbocycles. The minimum Gasteiger partial charge on any atom is -0.495 e. The standard InChI is InChI=1S/C15H17N3O/c1-11(2)15-17-6-7-18(15)10-12-4-5-14(19-3)13(8-12)9-16/h4-8,11H,10H2,1-3H3. The summed E-state index contributed by atoms with van der Waals surface area (Å²) < 4.78 is 7.25. The zero-order valence-electron chi connectivity index (χ0n) is 11.4. The summed E-state index contributed by atoms with van der Waals surface area (Å²) in [6.45, 7) is 4.95. The van der Waals surface area contributed by atoms with Crippen LogP contribution >= 0.6 is 0 Å². The van der Waals surface area contributed by atoms with Crippen molar-refractivity contribution >= 4 is 0 Å². The number of ether oxygens (including phenoxy) is 1. The van der Waals surface area contributed by atoms with E-state index in [4.69, 9.17) is 10.00 Å². The molecule has 1 heterocycles. The van der Waals surface area contributed by atoms with Crippen LogP contribution in [0.2, 0.25) is 0 Å². The van der Waals surface area contributed by atoms with Gasteiger partial charge in [-0.3, -0.25) is 0 Å². The second-order valence-electron chi connectivity index (χ2n) is 4.71. The van der Waals surface area contributed by atoms with Crippen molar-refractivity contribution in [1.82, 2.24) is 9.55 Å². The molecule has 4 nitrogen and oxygen atoms in total. The van der Waals surface area contributed by atoms with Gasteiger partial charge in [0.05, 0.1) is 12.7 Å². The molecular formula is C15H17N3O. The number of hydrogen-bond donors (Lipinski definition) is 0. The molecule has 4 heteroatoms. The summed E-state index contributed by atoms with van der Waals surface area (Å²) in [6.07, 6.45) is 3.77. The topological polar surface area (TPSA) is 50.8 Å². The third-order valence-corrected chi connectivity index (χ3v) is 3.00. The molecule has 19 heavy (non-hydrogen) atoms. The van der Waals surface area contributed by atoms with Crippen LogP contribution < -0.4 is 4.74 Å². The van der Waals surface area contributed by atoms with Gasteiger partial charge in [0.25, 0.3) is 0 Å². The highest BCUT2D eigenvalue weighted by molar-refractivity contribution is 5.45. The number of rotatable bonds is 4. The van der Waals surface area contributed by atoms with E-state index >= 15 is 0 Å². The summed E-state index contributed by atoms with van der Waals surface area (Å²) in [5.74, 6) is 2.04. The first-order valence-corrected chi connectivity index (χ1v) is 6.23. The van der Waals surface area contributed by atoms with E-state index in [0.717, 1.165) is 11.4 Å². The molecule has 0 fully saturated rings. The molecule has 0 bridgehead atoms. The highest BCUT2D eigenvalue weighted by Gasteiger charge is 2.09. The van der Waals surface area contributed by atoms with Crippen LogP contribution in [0.4, 0.5) is 0 Å². The monoisotopic (exact) mass is 255 g/mol. The van der Waals surface area contributed by atoms with Crippen LogP contribution in [0, 0.1) is 11.3 Å². The lowest BCUT2D eigenvalue weighted by molar-refractivity contribution is 0.413. The van der Waals surface area contributed by atoms with Crippen LogP contribution in [0.15, 0.2) is 30.6 Å². The predicted molar refractivity (Wildman–Crippen MR) is 73.1 cm³/mol. The van der Waals surface area contributed by atoms with Crippen molar-refractivity contribution in [2.75, 3.05) is 7.11 Å². The average Bonchev–Trinajstić information content (AvgIpc) is 2.87. The van der Waals surface area contributed by atoms with Crippen LogP contribution in [0.1, 0.15) is 36.7 Å². The molecule has 2 rings (SSSR count). The number of aromatic nitrogens is 2. The van der Waals surface area contributed by atoms with Crippen molar-refractivity contribution in [3.63, 3.8) is 0 Å². The molecule has 0 aliphatic carbocycles. The Morgan fingerprint density at radius 1 is 1.42 bits per heavy atom. The number of hydrogen-bond acceptors (Lipinski definition) is 3. The van der Waals surface area contributed by atoms with E-state index in [-0.39, 0.29) is 0 Å². The van der Waals surface area contributed by atoms with Crippen molar-refractivity contribution in [3.05, 3.63) is 47.5 Å². The SMILES string of the molecule is COc1ccc(Cn2ccnc2C(C)C)cc1C#N. The minimum atomic E-state index is 0.378. The molecule has 0 amide bonds. The fraction of sp³-hybridized carbons (Fsp3) is 0.333. The molecule has 2 aromatic rings. The summed E-state index contributed by atoms with van der Waals surface area (Å²) in [6, 6.07) is 7.83. The lowest BCUT2D eigenvalue weighted by Gasteiger charge is -2.11. The van der Waals surface area contributed by atoms with Crippen LogP contribution in [0.3, 0.4) is 0 Å². The van der Waals surface area contributed by atoms with E-state index in [1.165, 1.54) is 0 Å². The molecule has 0 atom stereocenters. The Morgan fingerprint density at radius 2 is 2.21 bits per heavy atom. The lowest BCUT2D eigenvalue weighted by atomic mass is 10.1. The number of benzene rings is 1. The van der Waals surface area contributed by atoms with Gasteiger partial charge < -0.3 is 9.30 Å². The number of nitriles is 1. The Morgan fingerprint density at radius 3 is 2.84 bits per heavy atom. The molecule has 1 aromatic carbocycles. The Labute approximate surface area is 113 Å². The van der Waals surface area contributed by atoms with Gasteiger partial charge in [-0.25, -0.2) is 4.98 Å². The molecule has 0 spiro atoms. The second kappa shape index (κ2) is 5.57. The van der Waals surface area contributed by atoms with Crippen molar-refractivity contribution in [2.24, 2.45) is 0 Å². The van der Waals surface area contributed by atoms with Crippen molar-refractivity contribution in [3.8, 4) is 11.8 Å². The molecule has 0 unspecified atom stereocenters. The van der Waals surface area contributed by atoms with E-state index in [9.17, 15) is 0 Å². The van der Waals surface area contributed by atoms with Gasteiger partial charge in [0, 0.05) is 24.9 Å². The quantitative estimate of drug-likeness (QED) is 0.844. The molecule has 0 saturated heterocycles. The van der Waals surface area contributed by atoms with Gasteiger partial charge in [-0.2, -0.15) is 5.26 Å². The Balaban J connectivity index is 2.29. The van der Waals surface area contributed by atoms with Gasteiger partial charge in [-0.1, -0.05) is 19.9 Å². The van der Waals surface area contributed by atoms with Gasteiger partial charge in [-0.15, -0.1) is 0 Å². The number of nitrogens with zero attached hydrogens (tertiary/aromatic N) is 3. The van der Waals surface area contributed by atoms with Gasteiger partial charge in [0.2, 0.25) is 0 Å². The van der Waals surface area contributed by atoms with E-state index in [2.05, 4.69) is 29.5 Å². The van der Waals surface area contributed by atoms with Crippen molar-refractivity contribution < 1.29 is 4.74 Å². The highest BCUT2D eigenvalue weighted by Crippen LogP contribution is 2.20. The molecule has 1 aromatic heterocycles. The molecule has 0 radical (unpaired) electrons. The van der Waals surface area contributed by atoms with E-state index in [0.29, 0.717) is 23.8 Å². The molecule has 0 N–H and O–H groups in total. The fourth-order valence-corrected chi connectivity index (χ4v) is 2.09. The fourth-order valence-electron chi connectivity index (χ4n) is 2.09. The Hall–Kier alpha value is -2.28. The second-order valence-corrected chi connectivity index (χ2v) is 4.71. The maximum atomic E-state index is 9.09. The van der Waals surface area contributed by atoms with Crippen LogP contribution in [0.5, 0.6) is 5.75 Å². The van der Waals surface area contributed by atoms with Crippen molar-refractivity contribution in [2.45, 2.75) is 26.3 Å². The average molecular weight is 255 g/mol. The first kappa shape index (κ1) is 13.2. The maximum absolute atomic E-state index is 9.09. The third kappa shape index (κ3) is 2.76. The number of methoxy groups -OCH3 is 1. The Bertz CT molecular complexity index is 608. The molecule has 0 aliphatic rings. The summed E-state index contributed by atoms with van der Waals surface area (Å²) in [4.78, 5) is 4.36. The summed E-state index contributed by atoms with van der Waals surface area (Å²) >= 11 is 0. The summed E-state index contributed by atoms with van der Waals surface area (Å²) in [7, 11) is 1.57. The molecule has 0 aliphatic heterocycles. The molecule has 98 valence electrons. The van der Waals surface area contributed by atoms with Crippen LogP contribution in [-0.4, -0.2) is 16.7 Å². The first-order valence-electron chi connectivity index (χ1n) is 6.23. The smallest absolute Gasteiger partial charge is 0.136 e. The first-order chi connectivity index (χ1) is 9.15. The third-order valence-electron chi connectivity index (χ3n) is 3.00. The molecular weight excluding hydrogens is 238 g/mol. The summed E-state index contributed by atoms with van der Waals surface area (Å²) in [5, 5.41) is 9.09. The largest absolute Gasteiger partial charge is 0.495 e. The van der Waals surface area contributed by atoms with Gasteiger partial charge in [0.1, 0.15) is 17.6 Å². The van der Waals surface area contributed by atoms with E-state index < -0.39 is 0 Å². The predicted octanol–water partition coefficient (Wildman–Crippen LogP) is 2.94. The van der Waals surface area contributed by atoms with Crippen molar-refractivity contribution in [1.29, 1.82) is 5.26 Å². The summed E-state index contributed by atoms with van der Waals surface area (Å²) in [5.41, 5.74) is 1.63. The van der Waals surface area contributed by atoms with Gasteiger partial charge in [-0.05, 0) is 17.7 Å². The Kier molecular flexibility index (Phi) is 3.86. The van der Waals surface area contributed by atoms with Crippen LogP contribution in [-0.2, 0) is 6.54 Å². The highest BCUT2D eigenvalue weighted by atomic mass is 16.5. The van der Waals surface area contributed by atoms with Crippen LogP contribution in [0.25, 0.3) is 0 Å². The zero-order valence-corrected chi connectivity index (χ0v) is 11.4. The lowest BCUT2D eigenvalue weighted by Crippen LogP contribution is -2.06. The van der Waals surface area contributed by atoms with E-state index in [1.54, 1.807) is 7.11 Å².